The van der Waals surface area contributed by atoms with Crippen molar-refractivity contribution < 1.29 is 0 Å². The first-order valence-corrected chi connectivity index (χ1v) is 10.3. The molecule has 0 radical (unpaired) electrons. The summed E-state index contributed by atoms with van der Waals surface area (Å²) in [5, 5.41) is 9.63. The molecule has 0 saturated heterocycles. The van der Waals surface area contributed by atoms with Crippen LogP contribution in [0.5, 0.6) is 0 Å². The van der Waals surface area contributed by atoms with Crippen LogP contribution in [-0.2, 0) is 25.6 Å². The topological polar surface area (TPSA) is 58.7 Å². The van der Waals surface area contributed by atoms with Gasteiger partial charge < -0.3 is 0 Å². The van der Waals surface area contributed by atoms with E-state index in [1.165, 1.54) is 5.56 Å². The lowest BCUT2D eigenvalue weighted by Gasteiger charge is -2.13. The highest BCUT2D eigenvalue weighted by atomic mass is 32.2. The van der Waals surface area contributed by atoms with Crippen LogP contribution in [-0.4, -0.2) is 9.55 Å². The first-order chi connectivity index (χ1) is 13.5. The number of rotatable bonds is 6. The van der Waals surface area contributed by atoms with Crippen molar-refractivity contribution in [3.8, 4) is 6.07 Å². The molecular weight excluding hydrogens is 366 g/mol. The van der Waals surface area contributed by atoms with Crippen LogP contribution >= 0.6 is 11.8 Å². The molecule has 0 bridgehead atoms. The Morgan fingerprint density at radius 3 is 2.54 bits per heavy atom. The van der Waals surface area contributed by atoms with E-state index >= 15 is 0 Å². The van der Waals surface area contributed by atoms with Gasteiger partial charge in [0.15, 0.2) is 5.16 Å². The van der Waals surface area contributed by atoms with Gasteiger partial charge in [0.25, 0.3) is 5.56 Å². The number of hydrogen-bond acceptors (Lipinski definition) is 4. The number of nitrogens with zero attached hydrogens (tertiary/aromatic N) is 3. The van der Waals surface area contributed by atoms with Crippen LogP contribution in [0.3, 0.4) is 0 Å². The van der Waals surface area contributed by atoms with Gasteiger partial charge in [0, 0.05) is 24.8 Å². The normalized spacial score (nSPS) is 10.6. The van der Waals surface area contributed by atoms with Gasteiger partial charge in [-0.3, -0.25) is 9.36 Å². The number of aryl methyl sites for hydroxylation is 2. The zero-order chi connectivity index (χ0) is 20.1. The first kappa shape index (κ1) is 19.9. The van der Waals surface area contributed by atoms with Crippen molar-refractivity contribution >= 4 is 11.8 Å². The van der Waals surface area contributed by atoms with Gasteiger partial charge in [-0.25, -0.2) is 4.98 Å². The van der Waals surface area contributed by atoms with Gasteiger partial charge >= 0.3 is 0 Å². The summed E-state index contributed by atoms with van der Waals surface area (Å²) in [4.78, 5) is 17.8. The molecule has 0 spiro atoms. The van der Waals surface area contributed by atoms with E-state index in [1.54, 1.807) is 23.4 Å². The molecule has 0 fully saturated rings. The molecule has 0 atom stereocenters. The molecule has 0 aliphatic heterocycles. The molecule has 5 heteroatoms. The van der Waals surface area contributed by atoms with Gasteiger partial charge in [-0.2, -0.15) is 5.26 Å². The average Bonchev–Trinajstić information content (AvgIpc) is 2.71. The highest BCUT2D eigenvalue weighted by Gasteiger charge is 2.15. The maximum Gasteiger partial charge on any atom is 0.257 e. The molecule has 3 aromatic rings. The monoisotopic (exact) mass is 389 g/mol. The van der Waals surface area contributed by atoms with Crippen molar-refractivity contribution in [3.63, 3.8) is 0 Å². The third-order valence-corrected chi connectivity index (χ3v) is 5.78. The van der Waals surface area contributed by atoms with Crippen molar-refractivity contribution in [2.75, 3.05) is 0 Å². The molecule has 1 aromatic heterocycles. The summed E-state index contributed by atoms with van der Waals surface area (Å²) in [6, 6.07) is 17.9. The largest absolute Gasteiger partial charge is 0.291 e. The fourth-order valence-corrected chi connectivity index (χ4v) is 4.06. The lowest BCUT2D eigenvalue weighted by molar-refractivity contribution is 0.674. The zero-order valence-corrected chi connectivity index (χ0v) is 17.2. The van der Waals surface area contributed by atoms with E-state index in [9.17, 15) is 4.79 Å². The van der Waals surface area contributed by atoms with E-state index in [2.05, 4.69) is 31.2 Å². The Kier molecular flexibility index (Phi) is 6.33. The van der Waals surface area contributed by atoms with E-state index in [0.29, 0.717) is 17.7 Å². The fourth-order valence-electron chi connectivity index (χ4n) is 3.12. The fraction of sp³-hybridized carbons (Fsp3) is 0.261. The Morgan fingerprint density at radius 2 is 1.89 bits per heavy atom. The molecule has 2 aromatic carbocycles. The standard InChI is InChI=1S/C23H23N3OS/c1-4-21-20(13-19-7-5-6-16(2)12-19)22(27)26(3)23(25-21)28-15-18-10-8-17(14-24)9-11-18/h5-12H,4,13,15H2,1-3H3. The predicted molar refractivity (Wildman–Crippen MR) is 114 cm³/mol. The Hall–Kier alpha value is -2.84. The molecule has 142 valence electrons. The van der Waals surface area contributed by atoms with Crippen molar-refractivity contribution in [1.82, 2.24) is 9.55 Å². The van der Waals surface area contributed by atoms with Crippen LogP contribution in [0.25, 0.3) is 0 Å². The Bertz CT molecular complexity index is 1080. The van der Waals surface area contributed by atoms with E-state index in [4.69, 9.17) is 10.2 Å². The summed E-state index contributed by atoms with van der Waals surface area (Å²) in [5.41, 5.74) is 5.73. The van der Waals surface area contributed by atoms with Crippen molar-refractivity contribution in [1.29, 1.82) is 5.26 Å². The maximum absolute atomic E-state index is 13.0. The summed E-state index contributed by atoms with van der Waals surface area (Å²) >= 11 is 1.54. The van der Waals surface area contributed by atoms with E-state index in [1.807, 2.05) is 37.3 Å². The van der Waals surface area contributed by atoms with Gasteiger partial charge in [-0.1, -0.05) is 60.6 Å². The molecule has 0 amide bonds. The minimum Gasteiger partial charge on any atom is -0.291 e. The Morgan fingerprint density at radius 1 is 1.14 bits per heavy atom. The first-order valence-electron chi connectivity index (χ1n) is 9.28. The minimum absolute atomic E-state index is 0.0238. The van der Waals surface area contributed by atoms with Crippen LogP contribution in [0.4, 0.5) is 0 Å². The summed E-state index contributed by atoms with van der Waals surface area (Å²) in [6.45, 7) is 4.10. The van der Waals surface area contributed by atoms with Crippen molar-refractivity contribution in [3.05, 3.63) is 92.4 Å². The van der Waals surface area contributed by atoms with Gasteiger partial charge in [0.1, 0.15) is 0 Å². The van der Waals surface area contributed by atoms with Gasteiger partial charge in [-0.05, 0) is 36.6 Å². The predicted octanol–water partition coefficient (Wildman–Crippen LogP) is 4.41. The molecule has 1 heterocycles. The molecule has 0 aliphatic carbocycles. The lowest BCUT2D eigenvalue weighted by Crippen LogP contribution is -2.26. The summed E-state index contributed by atoms with van der Waals surface area (Å²) in [6.07, 6.45) is 1.33. The van der Waals surface area contributed by atoms with Gasteiger partial charge in [-0.15, -0.1) is 0 Å². The lowest BCUT2D eigenvalue weighted by atomic mass is 10.0. The number of aromatic nitrogens is 2. The van der Waals surface area contributed by atoms with E-state index in [0.717, 1.165) is 34.0 Å². The highest BCUT2D eigenvalue weighted by Crippen LogP contribution is 2.22. The van der Waals surface area contributed by atoms with E-state index < -0.39 is 0 Å². The quantitative estimate of drug-likeness (QED) is 0.463. The number of thioether (sulfide) groups is 1. The molecule has 0 saturated carbocycles. The van der Waals surface area contributed by atoms with E-state index in [-0.39, 0.29) is 5.56 Å². The molecule has 0 unspecified atom stereocenters. The van der Waals surface area contributed by atoms with Crippen molar-refractivity contribution in [2.24, 2.45) is 7.05 Å². The molecule has 28 heavy (non-hydrogen) atoms. The third-order valence-electron chi connectivity index (χ3n) is 4.68. The summed E-state index contributed by atoms with van der Waals surface area (Å²) in [5.74, 6) is 0.701. The Labute approximate surface area is 169 Å². The molecule has 3 rings (SSSR count). The van der Waals surface area contributed by atoms with Crippen molar-refractivity contribution in [2.45, 2.75) is 37.6 Å². The number of benzene rings is 2. The van der Waals surface area contributed by atoms with Crippen LogP contribution < -0.4 is 5.56 Å². The molecular formula is C23H23N3OS. The molecule has 0 aliphatic rings. The molecule has 4 nitrogen and oxygen atoms in total. The third kappa shape index (κ3) is 4.52. The van der Waals surface area contributed by atoms with Crippen LogP contribution in [0.1, 0.15) is 40.4 Å². The number of nitriles is 1. The average molecular weight is 390 g/mol. The second-order valence-corrected chi connectivity index (χ2v) is 7.74. The second-order valence-electron chi connectivity index (χ2n) is 6.80. The second kappa shape index (κ2) is 8.90. The van der Waals surface area contributed by atoms with Crippen LogP contribution in [0.2, 0.25) is 0 Å². The number of hydrogen-bond donors (Lipinski definition) is 0. The smallest absolute Gasteiger partial charge is 0.257 e. The summed E-state index contributed by atoms with van der Waals surface area (Å²) < 4.78 is 1.65. The maximum atomic E-state index is 13.0. The van der Waals surface area contributed by atoms with Gasteiger partial charge in [0.05, 0.1) is 17.3 Å². The minimum atomic E-state index is 0.0238. The highest BCUT2D eigenvalue weighted by molar-refractivity contribution is 7.98. The van der Waals surface area contributed by atoms with Gasteiger partial charge in [0.2, 0.25) is 0 Å². The SMILES string of the molecule is CCc1nc(SCc2ccc(C#N)cc2)n(C)c(=O)c1Cc1cccc(C)c1. The molecule has 0 N–H and O–H groups in total. The van der Waals surface area contributed by atoms with Crippen LogP contribution in [0, 0.1) is 18.3 Å². The van der Waals surface area contributed by atoms with Crippen LogP contribution in [0.15, 0.2) is 58.5 Å². The Balaban J connectivity index is 1.86. The zero-order valence-electron chi connectivity index (χ0n) is 16.4. The summed E-state index contributed by atoms with van der Waals surface area (Å²) in [7, 11) is 1.79.